The Morgan fingerprint density at radius 1 is 1.13 bits per heavy atom. The molecule has 0 saturated carbocycles. The number of benzene rings is 1. The number of aromatic nitrogens is 1. The highest BCUT2D eigenvalue weighted by Crippen LogP contribution is 2.25. The number of rotatable bonds is 1. The Balaban J connectivity index is 2.58. The first-order chi connectivity index (χ1) is 7.09. The predicted octanol–water partition coefficient (Wildman–Crippen LogP) is 4.51. The van der Waals surface area contributed by atoms with Crippen LogP contribution in [0.1, 0.15) is 11.4 Å². The number of hydrogen-bond acceptors (Lipinski definition) is 0. The van der Waals surface area contributed by atoms with E-state index < -0.39 is 0 Å². The van der Waals surface area contributed by atoms with Crippen molar-refractivity contribution in [2.24, 2.45) is 0 Å². The zero-order valence-electron chi connectivity index (χ0n) is 8.59. The van der Waals surface area contributed by atoms with Gasteiger partial charge in [-0.25, -0.2) is 0 Å². The van der Waals surface area contributed by atoms with E-state index in [1.165, 1.54) is 11.4 Å². The Hall–Kier alpha value is -0.730. The van der Waals surface area contributed by atoms with Crippen molar-refractivity contribution < 1.29 is 0 Å². The molecule has 1 aromatic heterocycles. The highest BCUT2D eigenvalue weighted by molar-refractivity contribution is 9.10. The van der Waals surface area contributed by atoms with Crippen LogP contribution in [0.25, 0.3) is 5.69 Å². The van der Waals surface area contributed by atoms with Gasteiger partial charge in [0.25, 0.3) is 0 Å². The molecule has 0 N–H and O–H groups in total. The largest absolute Gasteiger partial charge is 0.317 e. The Kier molecular flexibility index (Phi) is 2.89. The van der Waals surface area contributed by atoms with Gasteiger partial charge < -0.3 is 4.57 Å². The van der Waals surface area contributed by atoms with E-state index >= 15 is 0 Å². The first-order valence-corrected chi connectivity index (χ1v) is 5.87. The zero-order valence-corrected chi connectivity index (χ0v) is 10.9. The molecule has 2 rings (SSSR count). The molecule has 0 aliphatic carbocycles. The van der Waals surface area contributed by atoms with Crippen molar-refractivity contribution in [1.82, 2.24) is 4.57 Å². The Bertz CT molecular complexity index is 485. The molecular weight excluding hydrogens is 273 g/mol. The minimum absolute atomic E-state index is 0.764. The van der Waals surface area contributed by atoms with E-state index in [0.29, 0.717) is 0 Å². The molecule has 0 radical (unpaired) electrons. The van der Waals surface area contributed by atoms with Gasteiger partial charge in [-0.15, -0.1) is 0 Å². The monoisotopic (exact) mass is 283 g/mol. The number of nitrogens with zero attached hydrogens (tertiary/aromatic N) is 1. The molecule has 0 amide bonds. The molecule has 15 heavy (non-hydrogen) atoms. The van der Waals surface area contributed by atoms with Crippen LogP contribution in [0.4, 0.5) is 0 Å². The van der Waals surface area contributed by atoms with Crippen molar-refractivity contribution in [2.75, 3.05) is 0 Å². The van der Waals surface area contributed by atoms with Crippen molar-refractivity contribution in [1.29, 1.82) is 0 Å². The molecule has 0 spiro atoms. The van der Waals surface area contributed by atoms with Gasteiger partial charge in [0.2, 0.25) is 0 Å². The van der Waals surface area contributed by atoms with E-state index in [0.717, 1.165) is 15.2 Å². The fraction of sp³-hybridized carbons (Fsp3) is 0.167. The molecule has 0 fully saturated rings. The SMILES string of the molecule is Cc1cc(Br)c(C)n1-c1ccc(Cl)cc1. The smallest absolute Gasteiger partial charge is 0.0456 e. The van der Waals surface area contributed by atoms with Gasteiger partial charge in [-0.3, -0.25) is 0 Å². The maximum absolute atomic E-state index is 5.87. The lowest BCUT2D eigenvalue weighted by Crippen LogP contribution is -1.98. The molecule has 1 aromatic carbocycles. The van der Waals surface area contributed by atoms with E-state index in [2.05, 4.69) is 40.4 Å². The molecule has 78 valence electrons. The summed E-state index contributed by atoms with van der Waals surface area (Å²) in [4.78, 5) is 0. The third-order valence-corrected chi connectivity index (χ3v) is 3.51. The molecule has 1 heterocycles. The molecule has 0 aliphatic heterocycles. The lowest BCUT2D eigenvalue weighted by molar-refractivity contribution is 0.963. The maximum Gasteiger partial charge on any atom is 0.0456 e. The van der Waals surface area contributed by atoms with Crippen LogP contribution in [-0.2, 0) is 0 Å². The molecule has 2 aromatic rings. The summed E-state index contributed by atoms with van der Waals surface area (Å²) in [5, 5.41) is 0.764. The molecule has 0 unspecified atom stereocenters. The Morgan fingerprint density at radius 3 is 2.20 bits per heavy atom. The number of halogens is 2. The van der Waals surface area contributed by atoms with Gasteiger partial charge in [-0.05, 0) is 60.1 Å². The zero-order chi connectivity index (χ0) is 11.0. The molecule has 0 aliphatic rings. The van der Waals surface area contributed by atoms with Crippen molar-refractivity contribution in [3.8, 4) is 5.69 Å². The Labute approximate surface area is 103 Å². The summed E-state index contributed by atoms with van der Waals surface area (Å²) in [7, 11) is 0. The molecule has 0 saturated heterocycles. The van der Waals surface area contributed by atoms with Gasteiger partial charge in [0, 0.05) is 26.6 Å². The topological polar surface area (TPSA) is 4.93 Å². The minimum Gasteiger partial charge on any atom is -0.317 e. The first-order valence-electron chi connectivity index (χ1n) is 4.70. The second kappa shape index (κ2) is 4.03. The van der Waals surface area contributed by atoms with Crippen LogP contribution >= 0.6 is 27.5 Å². The van der Waals surface area contributed by atoms with Gasteiger partial charge in [-0.1, -0.05) is 11.6 Å². The van der Waals surface area contributed by atoms with E-state index in [4.69, 9.17) is 11.6 Å². The van der Waals surface area contributed by atoms with Crippen LogP contribution in [0, 0.1) is 13.8 Å². The molecule has 1 nitrogen and oxygen atoms in total. The number of aryl methyl sites for hydroxylation is 1. The maximum atomic E-state index is 5.87. The van der Waals surface area contributed by atoms with Crippen LogP contribution < -0.4 is 0 Å². The average Bonchev–Trinajstić information content (AvgIpc) is 2.44. The lowest BCUT2D eigenvalue weighted by atomic mass is 10.3. The van der Waals surface area contributed by atoms with Gasteiger partial charge in [-0.2, -0.15) is 0 Å². The third-order valence-electron chi connectivity index (χ3n) is 2.45. The third kappa shape index (κ3) is 1.97. The second-order valence-electron chi connectivity index (χ2n) is 3.53. The van der Waals surface area contributed by atoms with Gasteiger partial charge in [0.05, 0.1) is 0 Å². The van der Waals surface area contributed by atoms with Crippen molar-refractivity contribution in [3.63, 3.8) is 0 Å². The minimum atomic E-state index is 0.764. The fourth-order valence-corrected chi connectivity index (χ4v) is 2.35. The van der Waals surface area contributed by atoms with Crippen LogP contribution in [-0.4, -0.2) is 4.57 Å². The van der Waals surface area contributed by atoms with Gasteiger partial charge >= 0.3 is 0 Å². The Morgan fingerprint density at radius 2 is 1.73 bits per heavy atom. The molecule has 0 atom stereocenters. The first kappa shape index (κ1) is 10.8. The average molecular weight is 285 g/mol. The lowest BCUT2D eigenvalue weighted by Gasteiger charge is -2.09. The second-order valence-corrected chi connectivity index (χ2v) is 4.82. The van der Waals surface area contributed by atoms with Crippen LogP contribution in [0.3, 0.4) is 0 Å². The summed E-state index contributed by atoms with van der Waals surface area (Å²) < 4.78 is 3.33. The standard InChI is InChI=1S/C12H11BrClN/c1-8-7-12(13)9(2)15(8)11-5-3-10(14)4-6-11/h3-7H,1-2H3. The normalized spacial score (nSPS) is 10.7. The van der Waals surface area contributed by atoms with E-state index in [9.17, 15) is 0 Å². The fourth-order valence-electron chi connectivity index (χ4n) is 1.71. The number of hydrogen-bond donors (Lipinski definition) is 0. The predicted molar refractivity (Wildman–Crippen MR) is 68.0 cm³/mol. The van der Waals surface area contributed by atoms with E-state index in [-0.39, 0.29) is 0 Å². The summed E-state index contributed by atoms with van der Waals surface area (Å²) in [5.74, 6) is 0. The molecule has 3 heteroatoms. The van der Waals surface area contributed by atoms with E-state index in [1.807, 2.05) is 24.3 Å². The summed E-state index contributed by atoms with van der Waals surface area (Å²) in [6.07, 6.45) is 0. The summed E-state index contributed by atoms with van der Waals surface area (Å²) in [6.45, 7) is 4.18. The highest BCUT2D eigenvalue weighted by atomic mass is 79.9. The van der Waals surface area contributed by atoms with Crippen LogP contribution in [0.5, 0.6) is 0 Å². The molecular formula is C12H11BrClN. The van der Waals surface area contributed by atoms with Gasteiger partial charge in [0.15, 0.2) is 0 Å². The summed E-state index contributed by atoms with van der Waals surface area (Å²) >= 11 is 9.40. The van der Waals surface area contributed by atoms with Crippen LogP contribution in [0.2, 0.25) is 5.02 Å². The van der Waals surface area contributed by atoms with Crippen molar-refractivity contribution >= 4 is 27.5 Å². The van der Waals surface area contributed by atoms with Gasteiger partial charge in [0.1, 0.15) is 0 Å². The summed E-state index contributed by atoms with van der Waals surface area (Å²) in [5.41, 5.74) is 3.55. The van der Waals surface area contributed by atoms with Crippen LogP contribution in [0.15, 0.2) is 34.8 Å². The van der Waals surface area contributed by atoms with Crippen molar-refractivity contribution in [2.45, 2.75) is 13.8 Å². The van der Waals surface area contributed by atoms with Crippen molar-refractivity contribution in [3.05, 3.63) is 51.2 Å². The molecule has 0 bridgehead atoms. The van der Waals surface area contributed by atoms with E-state index in [1.54, 1.807) is 0 Å². The summed E-state index contributed by atoms with van der Waals surface area (Å²) in [6, 6.07) is 9.97. The highest BCUT2D eigenvalue weighted by Gasteiger charge is 2.07. The quantitative estimate of drug-likeness (QED) is 0.726.